The van der Waals surface area contributed by atoms with E-state index >= 15 is 0 Å². The zero-order valence-corrected chi connectivity index (χ0v) is 16.7. The van der Waals surface area contributed by atoms with Gasteiger partial charge in [-0.15, -0.1) is 11.8 Å². The Morgan fingerprint density at radius 1 is 1.15 bits per heavy atom. The summed E-state index contributed by atoms with van der Waals surface area (Å²) in [5.74, 6) is 0.0508. The second-order valence-electron chi connectivity index (χ2n) is 6.74. The summed E-state index contributed by atoms with van der Waals surface area (Å²) in [6.07, 6.45) is 2.61. The van der Waals surface area contributed by atoms with Crippen molar-refractivity contribution >= 4 is 29.3 Å². The number of amides is 1. The molecule has 1 fully saturated rings. The van der Waals surface area contributed by atoms with Gasteiger partial charge in [-0.1, -0.05) is 35.9 Å². The number of likely N-dealkylation sites (tertiary alicyclic amines) is 1. The topological polar surface area (TPSA) is 32.3 Å². The van der Waals surface area contributed by atoms with Crippen molar-refractivity contribution in [2.24, 2.45) is 0 Å². The summed E-state index contributed by atoms with van der Waals surface area (Å²) < 4.78 is 0. The molecule has 1 N–H and O–H groups in total. The Hall–Kier alpha value is -1.49. The van der Waals surface area contributed by atoms with Gasteiger partial charge in [-0.05, 0) is 68.2 Å². The molecule has 1 unspecified atom stereocenters. The van der Waals surface area contributed by atoms with Gasteiger partial charge in [0.25, 0.3) is 0 Å². The number of nitrogens with zero attached hydrogens (tertiary/aromatic N) is 1. The number of hydrogen-bond donors (Lipinski definition) is 1. The molecule has 1 atom stereocenters. The third kappa shape index (κ3) is 5.76. The smallest absolute Gasteiger partial charge is 0.233 e. The van der Waals surface area contributed by atoms with E-state index in [0.717, 1.165) is 17.0 Å². The Morgan fingerprint density at radius 2 is 1.85 bits per heavy atom. The van der Waals surface area contributed by atoms with Crippen molar-refractivity contribution in [2.75, 3.05) is 13.1 Å². The summed E-state index contributed by atoms with van der Waals surface area (Å²) in [7, 11) is 0. The maximum absolute atomic E-state index is 12.4. The first kappa shape index (κ1) is 19.3. The molecule has 0 aromatic heterocycles. The van der Waals surface area contributed by atoms with E-state index in [9.17, 15) is 4.79 Å². The summed E-state index contributed by atoms with van der Waals surface area (Å²) in [6, 6.07) is 16.1. The van der Waals surface area contributed by atoms with Crippen molar-refractivity contribution in [3.63, 3.8) is 0 Å². The van der Waals surface area contributed by atoms with Gasteiger partial charge in [0.05, 0.1) is 5.25 Å². The third-order valence-corrected chi connectivity index (χ3v) is 5.92. The largest absolute Gasteiger partial charge is 0.351 e. The Kier molecular flexibility index (Phi) is 7.00. The lowest BCUT2D eigenvalue weighted by Crippen LogP contribution is -2.30. The highest BCUT2D eigenvalue weighted by atomic mass is 35.5. The molecule has 1 amide bonds. The van der Waals surface area contributed by atoms with Crippen molar-refractivity contribution in [2.45, 2.75) is 43.0 Å². The SMILES string of the molecule is CC(Sc1ccc(Cl)cc1)C(=O)NCc1cccc(CN2CCCC2)c1. The fourth-order valence-corrected chi connectivity index (χ4v) is 4.16. The fraction of sp³-hybridized carbons (Fsp3) is 0.381. The number of thioether (sulfide) groups is 1. The molecule has 3 nitrogen and oxygen atoms in total. The minimum Gasteiger partial charge on any atom is -0.351 e. The predicted octanol–water partition coefficient (Wildman–Crippen LogP) is 4.73. The molecule has 5 heteroatoms. The van der Waals surface area contributed by atoms with Crippen LogP contribution in [-0.4, -0.2) is 29.1 Å². The molecule has 1 saturated heterocycles. The monoisotopic (exact) mass is 388 g/mol. The predicted molar refractivity (Wildman–Crippen MR) is 110 cm³/mol. The van der Waals surface area contributed by atoms with Crippen LogP contribution in [0.5, 0.6) is 0 Å². The van der Waals surface area contributed by atoms with Crippen LogP contribution in [0.25, 0.3) is 0 Å². The molecular weight excluding hydrogens is 364 g/mol. The molecule has 0 aliphatic carbocycles. The molecule has 3 rings (SSSR count). The van der Waals surface area contributed by atoms with Crippen LogP contribution >= 0.6 is 23.4 Å². The molecule has 1 aliphatic rings. The van der Waals surface area contributed by atoms with Crippen LogP contribution in [0.2, 0.25) is 5.02 Å². The van der Waals surface area contributed by atoms with Crippen LogP contribution in [0.4, 0.5) is 0 Å². The van der Waals surface area contributed by atoms with E-state index in [-0.39, 0.29) is 11.2 Å². The van der Waals surface area contributed by atoms with Gasteiger partial charge in [0.1, 0.15) is 0 Å². The second kappa shape index (κ2) is 9.45. The summed E-state index contributed by atoms with van der Waals surface area (Å²) in [5.41, 5.74) is 2.47. The molecule has 0 radical (unpaired) electrons. The van der Waals surface area contributed by atoms with Crippen molar-refractivity contribution in [1.29, 1.82) is 0 Å². The molecule has 138 valence electrons. The summed E-state index contributed by atoms with van der Waals surface area (Å²) in [6.45, 7) is 5.89. The minimum absolute atomic E-state index is 0.0508. The van der Waals surface area contributed by atoms with E-state index in [0.29, 0.717) is 11.6 Å². The molecule has 2 aromatic rings. The summed E-state index contributed by atoms with van der Waals surface area (Å²) >= 11 is 7.45. The Bertz CT molecular complexity index is 729. The molecule has 0 spiro atoms. The molecule has 1 aliphatic heterocycles. The van der Waals surface area contributed by atoms with Gasteiger partial charge < -0.3 is 5.32 Å². The lowest BCUT2D eigenvalue weighted by Gasteiger charge is -2.16. The first-order valence-electron chi connectivity index (χ1n) is 9.10. The van der Waals surface area contributed by atoms with Gasteiger partial charge in [0.2, 0.25) is 5.91 Å². The molecule has 1 heterocycles. The molecular formula is C21H25ClN2OS. The normalized spacial score (nSPS) is 15.8. The van der Waals surface area contributed by atoms with Crippen molar-refractivity contribution < 1.29 is 4.79 Å². The van der Waals surface area contributed by atoms with Gasteiger partial charge in [-0.2, -0.15) is 0 Å². The maximum atomic E-state index is 12.4. The molecule has 26 heavy (non-hydrogen) atoms. The van der Waals surface area contributed by atoms with Gasteiger partial charge in [0.15, 0.2) is 0 Å². The highest BCUT2D eigenvalue weighted by Crippen LogP contribution is 2.24. The Balaban J connectivity index is 1.49. The van der Waals surface area contributed by atoms with Crippen molar-refractivity contribution in [3.05, 3.63) is 64.7 Å². The number of benzene rings is 2. The second-order valence-corrected chi connectivity index (χ2v) is 8.59. The lowest BCUT2D eigenvalue weighted by molar-refractivity contribution is -0.120. The molecule has 0 saturated carbocycles. The number of nitrogens with one attached hydrogen (secondary N) is 1. The number of carbonyl (C=O) groups excluding carboxylic acids is 1. The Morgan fingerprint density at radius 3 is 2.58 bits per heavy atom. The van der Waals surface area contributed by atoms with E-state index in [1.54, 1.807) is 11.8 Å². The van der Waals surface area contributed by atoms with Crippen molar-refractivity contribution in [3.8, 4) is 0 Å². The van der Waals surface area contributed by atoms with Crippen LogP contribution in [-0.2, 0) is 17.9 Å². The zero-order chi connectivity index (χ0) is 18.4. The number of carbonyl (C=O) groups is 1. The van der Waals surface area contributed by atoms with Crippen molar-refractivity contribution in [1.82, 2.24) is 10.2 Å². The Labute approximate surface area is 165 Å². The lowest BCUT2D eigenvalue weighted by atomic mass is 10.1. The van der Waals surface area contributed by atoms with Crippen LogP contribution in [0.1, 0.15) is 30.9 Å². The van der Waals surface area contributed by atoms with E-state index in [1.165, 1.54) is 31.5 Å². The average molecular weight is 389 g/mol. The van der Waals surface area contributed by atoms with Gasteiger partial charge in [-0.3, -0.25) is 9.69 Å². The fourth-order valence-electron chi connectivity index (χ4n) is 3.14. The average Bonchev–Trinajstić information content (AvgIpc) is 3.15. The van der Waals surface area contributed by atoms with E-state index < -0.39 is 0 Å². The number of hydrogen-bond acceptors (Lipinski definition) is 3. The first-order valence-corrected chi connectivity index (χ1v) is 10.4. The van der Waals surface area contributed by atoms with Crippen LogP contribution < -0.4 is 5.32 Å². The van der Waals surface area contributed by atoms with Gasteiger partial charge >= 0.3 is 0 Å². The minimum atomic E-state index is -0.149. The highest BCUT2D eigenvalue weighted by Gasteiger charge is 2.15. The third-order valence-electron chi connectivity index (χ3n) is 4.56. The van der Waals surface area contributed by atoms with Gasteiger partial charge in [0, 0.05) is 23.0 Å². The first-order chi connectivity index (χ1) is 12.6. The number of rotatable bonds is 7. The van der Waals surface area contributed by atoms with Gasteiger partial charge in [-0.25, -0.2) is 0 Å². The quantitative estimate of drug-likeness (QED) is 0.695. The van der Waals surface area contributed by atoms with Crippen LogP contribution in [0.15, 0.2) is 53.4 Å². The zero-order valence-electron chi connectivity index (χ0n) is 15.1. The molecule has 2 aromatic carbocycles. The molecule has 0 bridgehead atoms. The number of halogens is 1. The standard InChI is InChI=1S/C21H25ClN2OS/c1-16(26-20-9-7-19(22)8-10-20)21(25)23-14-17-5-4-6-18(13-17)15-24-11-2-3-12-24/h4-10,13,16H,2-3,11-12,14-15H2,1H3,(H,23,25). The van der Waals surface area contributed by atoms with Crippen LogP contribution in [0.3, 0.4) is 0 Å². The summed E-state index contributed by atoms with van der Waals surface area (Å²) in [4.78, 5) is 15.9. The maximum Gasteiger partial charge on any atom is 0.233 e. The van der Waals surface area contributed by atoms with E-state index in [2.05, 4.69) is 34.5 Å². The highest BCUT2D eigenvalue weighted by molar-refractivity contribution is 8.00. The van der Waals surface area contributed by atoms with Crippen LogP contribution in [0, 0.1) is 0 Å². The van der Waals surface area contributed by atoms with E-state index in [1.807, 2.05) is 31.2 Å². The van der Waals surface area contributed by atoms with E-state index in [4.69, 9.17) is 11.6 Å². The summed E-state index contributed by atoms with van der Waals surface area (Å²) in [5, 5.41) is 3.61.